The first-order valence-electron chi connectivity index (χ1n) is 9.21. The van der Waals surface area contributed by atoms with Crippen molar-refractivity contribution in [2.45, 2.75) is 0 Å². The lowest BCUT2D eigenvalue weighted by Crippen LogP contribution is -2.12. The Balaban J connectivity index is 0.000000171. The highest BCUT2D eigenvalue weighted by molar-refractivity contribution is 6.28. The molecule has 0 bridgehead atoms. The third-order valence-electron chi connectivity index (χ3n) is 4.11. The van der Waals surface area contributed by atoms with Crippen molar-refractivity contribution < 1.29 is 0 Å². The van der Waals surface area contributed by atoms with E-state index in [1.807, 2.05) is 66.7 Å². The first-order chi connectivity index (χ1) is 14.6. The minimum absolute atomic E-state index is 0.251. The third kappa shape index (κ3) is 5.65. The van der Waals surface area contributed by atoms with Crippen molar-refractivity contribution in [2.24, 2.45) is 0 Å². The fourth-order valence-corrected chi connectivity index (χ4v) is 2.84. The molecule has 0 spiro atoms. The number of benzene rings is 2. The van der Waals surface area contributed by atoms with E-state index in [1.165, 1.54) is 0 Å². The first-order valence-corrected chi connectivity index (χ1v) is 9.59. The number of aromatic nitrogens is 4. The SMILES string of the molecule is CNc1cc(-c2ccccc2)[nH]c(=O)n1.CNc1cc(-c2ccccc2)nc(Cl)n1. The van der Waals surface area contributed by atoms with Crippen LogP contribution in [0.1, 0.15) is 0 Å². The highest BCUT2D eigenvalue weighted by Gasteiger charge is 2.03. The highest BCUT2D eigenvalue weighted by Crippen LogP contribution is 2.20. The molecule has 0 atom stereocenters. The molecule has 0 aliphatic heterocycles. The van der Waals surface area contributed by atoms with Crippen LogP contribution in [0.3, 0.4) is 0 Å². The van der Waals surface area contributed by atoms with Crippen LogP contribution in [0.4, 0.5) is 11.6 Å². The Labute approximate surface area is 179 Å². The maximum atomic E-state index is 11.2. The van der Waals surface area contributed by atoms with Crippen molar-refractivity contribution >= 4 is 23.2 Å². The standard InChI is InChI=1S/C11H10ClN3.C11H11N3O/c1-13-10-7-9(14-11(12)15-10)8-5-3-2-4-6-8;1-12-10-7-9(13-11(15)14-10)8-5-3-2-4-6-8/h2-7H,1H3,(H,13,14,15);2-7H,1H3,(H2,12,13,14,15). The van der Waals surface area contributed by atoms with Gasteiger partial charge in [-0.25, -0.2) is 14.8 Å². The minimum atomic E-state index is -0.347. The molecule has 0 amide bonds. The van der Waals surface area contributed by atoms with Gasteiger partial charge in [-0.2, -0.15) is 4.98 Å². The van der Waals surface area contributed by atoms with E-state index in [-0.39, 0.29) is 11.0 Å². The molecule has 0 aliphatic rings. The third-order valence-corrected chi connectivity index (χ3v) is 4.28. The molecule has 2 aromatic heterocycles. The number of anilines is 2. The summed E-state index contributed by atoms with van der Waals surface area (Å²) in [4.78, 5) is 25.9. The summed E-state index contributed by atoms with van der Waals surface area (Å²) >= 11 is 5.82. The van der Waals surface area contributed by atoms with Gasteiger partial charge in [-0.15, -0.1) is 0 Å². The van der Waals surface area contributed by atoms with Crippen LogP contribution < -0.4 is 16.3 Å². The van der Waals surface area contributed by atoms with Gasteiger partial charge in [0, 0.05) is 31.8 Å². The van der Waals surface area contributed by atoms with E-state index in [1.54, 1.807) is 20.2 Å². The van der Waals surface area contributed by atoms with Crippen molar-refractivity contribution in [3.63, 3.8) is 0 Å². The van der Waals surface area contributed by atoms with Crippen molar-refractivity contribution in [2.75, 3.05) is 24.7 Å². The zero-order chi connectivity index (χ0) is 21.3. The van der Waals surface area contributed by atoms with Crippen molar-refractivity contribution in [1.29, 1.82) is 0 Å². The Morgan fingerprint density at radius 2 is 1.33 bits per heavy atom. The van der Waals surface area contributed by atoms with Gasteiger partial charge in [0.15, 0.2) is 0 Å². The summed E-state index contributed by atoms with van der Waals surface area (Å²) in [5.41, 5.74) is 3.23. The predicted octanol–water partition coefficient (Wildman–Crippen LogP) is 4.32. The fourth-order valence-electron chi connectivity index (χ4n) is 2.66. The molecule has 30 heavy (non-hydrogen) atoms. The molecule has 7 nitrogen and oxygen atoms in total. The molecule has 3 N–H and O–H groups in total. The van der Waals surface area contributed by atoms with Crippen LogP contribution in [-0.4, -0.2) is 34.0 Å². The van der Waals surface area contributed by atoms with Crippen LogP contribution >= 0.6 is 11.6 Å². The lowest BCUT2D eigenvalue weighted by atomic mass is 10.1. The van der Waals surface area contributed by atoms with Gasteiger partial charge < -0.3 is 15.6 Å². The topological polar surface area (TPSA) is 95.6 Å². The minimum Gasteiger partial charge on any atom is -0.373 e. The van der Waals surface area contributed by atoms with Crippen LogP contribution in [0, 0.1) is 0 Å². The Hall–Kier alpha value is -3.71. The number of rotatable bonds is 4. The zero-order valence-electron chi connectivity index (χ0n) is 16.6. The summed E-state index contributed by atoms with van der Waals surface area (Å²) in [7, 11) is 3.53. The van der Waals surface area contributed by atoms with Crippen LogP contribution in [0.5, 0.6) is 0 Å². The van der Waals surface area contributed by atoms with Crippen molar-refractivity contribution in [3.8, 4) is 22.5 Å². The smallest absolute Gasteiger partial charge is 0.347 e. The highest BCUT2D eigenvalue weighted by atomic mass is 35.5. The number of halogens is 1. The molecular formula is C22H21ClN6O. The number of aromatic amines is 1. The van der Waals surface area contributed by atoms with E-state index in [9.17, 15) is 4.79 Å². The molecule has 0 aliphatic carbocycles. The molecular weight excluding hydrogens is 400 g/mol. The van der Waals surface area contributed by atoms with Gasteiger partial charge in [-0.3, -0.25) is 0 Å². The van der Waals surface area contributed by atoms with Gasteiger partial charge in [0.1, 0.15) is 11.6 Å². The number of hydrogen-bond donors (Lipinski definition) is 3. The number of nitrogens with one attached hydrogen (secondary N) is 3. The average molecular weight is 421 g/mol. The second kappa shape index (κ2) is 10.2. The van der Waals surface area contributed by atoms with E-state index in [4.69, 9.17) is 11.6 Å². The van der Waals surface area contributed by atoms with Crippen LogP contribution in [0.25, 0.3) is 22.5 Å². The van der Waals surface area contributed by atoms with Gasteiger partial charge in [0.05, 0.1) is 11.4 Å². The summed E-state index contributed by atoms with van der Waals surface area (Å²) in [6.07, 6.45) is 0. The molecule has 2 aromatic carbocycles. The van der Waals surface area contributed by atoms with Crippen LogP contribution in [-0.2, 0) is 0 Å². The summed E-state index contributed by atoms with van der Waals surface area (Å²) in [5.74, 6) is 1.28. The van der Waals surface area contributed by atoms with E-state index in [2.05, 4.69) is 30.6 Å². The fraction of sp³-hybridized carbons (Fsp3) is 0.0909. The van der Waals surface area contributed by atoms with Gasteiger partial charge in [0.2, 0.25) is 5.28 Å². The van der Waals surface area contributed by atoms with Crippen LogP contribution in [0.15, 0.2) is 77.6 Å². The second-order valence-electron chi connectivity index (χ2n) is 6.12. The average Bonchev–Trinajstić information content (AvgIpc) is 2.80. The van der Waals surface area contributed by atoms with E-state index < -0.39 is 0 Å². The summed E-state index contributed by atoms with van der Waals surface area (Å²) in [5, 5.41) is 6.04. The Morgan fingerprint density at radius 3 is 1.93 bits per heavy atom. The largest absolute Gasteiger partial charge is 0.373 e. The molecule has 152 valence electrons. The van der Waals surface area contributed by atoms with E-state index in [0.29, 0.717) is 11.6 Å². The number of H-pyrrole nitrogens is 1. The summed E-state index contributed by atoms with van der Waals surface area (Å²) in [6.45, 7) is 0. The molecule has 0 fully saturated rings. The normalized spacial score (nSPS) is 9.97. The zero-order valence-corrected chi connectivity index (χ0v) is 17.3. The lowest BCUT2D eigenvalue weighted by molar-refractivity contribution is 1.08. The number of nitrogens with zero attached hydrogens (tertiary/aromatic N) is 3. The molecule has 0 radical (unpaired) electrons. The van der Waals surface area contributed by atoms with E-state index in [0.717, 1.165) is 22.5 Å². The van der Waals surface area contributed by atoms with Crippen LogP contribution in [0.2, 0.25) is 5.28 Å². The molecule has 0 saturated carbocycles. The van der Waals surface area contributed by atoms with Gasteiger partial charge >= 0.3 is 5.69 Å². The molecule has 0 unspecified atom stereocenters. The maximum Gasteiger partial charge on any atom is 0.347 e. The van der Waals surface area contributed by atoms with Crippen molar-refractivity contribution in [3.05, 3.63) is 88.6 Å². The van der Waals surface area contributed by atoms with Gasteiger partial charge in [-0.1, -0.05) is 60.7 Å². The van der Waals surface area contributed by atoms with E-state index >= 15 is 0 Å². The maximum absolute atomic E-state index is 11.2. The molecule has 2 heterocycles. The summed E-state index contributed by atoms with van der Waals surface area (Å²) < 4.78 is 0. The second-order valence-corrected chi connectivity index (χ2v) is 6.46. The predicted molar refractivity (Wildman–Crippen MR) is 122 cm³/mol. The molecule has 0 saturated heterocycles. The van der Waals surface area contributed by atoms with Crippen molar-refractivity contribution in [1.82, 2.24) is 19.9 Å². The number of hydrogen-bond acceptors (Lipinski definition) is 6. The summed E-state index contributed by atoms with van der Waals surface area (Å²) in [6, 6.07) is 23.2. The Morgan fingerprint density at radius 1 is 0.767 bits per heavy atom. The molecule has 4 aromatic rings. The monoisotopic (exact) mass is 420 g/mol. The Kier molecular flexibility index (Phi) is 7.13. The molecule has 4 rings (SSSR count). The quantitative estimate of drug-likeness (QED) is 0.425. The van der Waals surface area contributed by atoms with Gasteiger partial charge in [-0.05, 0) is 17.2 Å². The first kappa shape index (κ1) is 21.0. The Bertz CT molecular complexity index is 1150. The van der Waals surface area contributed by atoms with Gasteiger partial charge in [0.25, 0.3) is 0 Å². The lowest BCUT2D eigenvalue weighted by Gasteiger charge is -2.04. The molecule has 8 heteroatoms.